The number of nitrogen functional groups attached to an aromatic ring is 1. The highest BCUT2D eigenvalue weighted by Gasteiger charge is 2.14. The molecule has 3 rings (SSSR count). The summed E-state index contributed by atoms with van der Waals surface area (Å²) < 4.78 is 7.04. The average molecular weight is 279 g/mol. The fourth-order valence-electron chi connectivity index (χ4n) is 2.32. The minimum absolute atomic E-state index is 0.652. The molecule has 0 saturated carbocycles. The van der Waals surface area contributed by atoms with Crippen LogP contribution in [0.15, 0.2) is 54.6 Å². The maximum atomic E-state index is 6.21. The van der Waals surface area contributed by atoms with Gasteiger partial charge >= 0.3 is 0 Å². The number of rotatable bonds is 3. The highest BCUT2D eigenvalue weighted by Crippen LogP contribution is 2.30. The zero-order chi connectivity index (χ0) is 14.8. The fraction of sp³-hybridized carbons (Fsp3) is 0.118. The third-order valence-electron chi connectivity index (χ3n) is 3.51. The van der Waals surface area contributed by atoms with Crippen molar-refractivity contribution < 1.29 is 4.74 Å². The van der Waals surface area contributed by atoms with E-state index in [1.807, 2.05) is 61.5 Å². The van der Waals surface area contributed by atoms with Gasteiger partial charge in [-0.15, -0.1) is 0 Å². The third kappa shape index (κ3) is 2.36. The zero-order valence-corrected chi connectivity index (χ0v) is 12.1. The molecule has 1 aromatic heterocycles. The van der Waals surface area contributed by atoms with Gasteiger partial charge in [-0.25, -0.2) is 4.68 Å². The van der Waals surface area contributed by atoms with E-state index in [1.165, 1.54) is 0 Å². The molecule has 0 aliphatic carbocycles. The van der Waals surface area contributed by atoms with Crippen LogP contribution in [0.4, 0.5) is 5.82 Å². The van der Waals surface area contributed by atoms with Crippen LogP contribution >= 0.6 is 0 Å². The minimum atomic E-state index is 0.652. The van der Waals surface area contributed by atoms with Crippen LogP contribution in [-0.2, 0) is 0 Å². The largest absolute Gasteiger partial charge is 0.497 e. The second kappa shape index (κ2) is 5.32. The summed E-state index contributed by atoms with van der Waals surface area (Å²) in [4.78, 5) is 0. The number of para-hydroxylation sites is 1. The standard InChI is InChI=1S/C17H17N3O/c1-12-16(13-7-6-10-15(11-13)21-2)19-20(17(12)18)14-8-4-3-5-9-14/h3-11H,18H2,1-2H3. The van der Waals surface area contributed by atoms with E-state index in [0.29, 0.717) is 5.82 Å². The lowest BCUT2D eigenvalue weighted by Gasteiger charge is -2.03. The molecule has 0 aliphatic heterocycles. The smallest absolute Gasteiger partial charge is 0.130 e. The Kier molecular flexibility index (Phi) is 3.36. The minimum Gasteiger partial charge on any atom is -0.497 e. The lowest BCUT2D eigenvalue weighted by atomic mass is 10.1. The molecule has 0 amide bonds. The average Bonchev–Trinajstić information content (AvgIpc) is 2.84. The quantitative estimate of drug-likeness (QED) is 0.799. The number of nitrogens with two attached hydrogens (primary N) is 1. The fourth-order valence-corrected chi connectivity index (χ4v) is 2.32. The van der Waals surface area contributed by atoms with Crippen molar-refractivity contribution in [2.24, 2.45) is 0 Å². The van der Waals surface area contributed by atoms with Crippen molar-refractivity contribution in [2.45, 2.75) is 6.92 Å². The van der Waals surface area contributed by atoms with Crippen molar-refractivity contribution in [3.63, 3.8) is 0 Å². The summed E-state index contributed by atoms with van der Waals surface area (Å²) in [5.41, 5.74) is 9.99. The number of hydrogen-bond acceptors (Lipinski definition) is 3. The first-order chi connectivity index (χ1) is 10.2. The van der Waals surface area contributed by atoms with E-state index in [0.717, 1.165) is 28.3 Å². The Labute approximate surface area is 123 Å². The third-order valence-corrected chi connectivity index (χ3v) is 3.51. The number of hydrogen-bond donors (Lipinski definition) is 1. The van der Waals surface area contributed by atoms with E-state index in [1.54, 1.807) is 11.8 Å². The van der Waals surface area contributed by atoms with Gasteiger partial charge in [-0.05, 0) is 31.2 Å². The van der Waals surface area contributed by atoms with Crippen molar-refractivity contribution >= 4 is 5.82 Å². The first-order valence-corrected chi connectivity index (χ1v) is 6.75. The summed E-state index contributed by atoms with van der Waals surface area (Å²) in [5.74, 6) is 1.46. The first kappa shape index (κ1) is 13.2. The maximum absolute atomic E-state index is 6.21. The topological polar surface area (TPSA) is 53.1 Å². The van der Waals surface area contributed by atoms with Crippen LogP contribution in [0.1, 0.15) is 5.56 Å². The molecule has 3 aromatic rings. The summed E-state index contributed by atoms with van der Waals surface area (Å²) in [5, 5.41) is 4.66. The van der Waals surface area contributed by atoms with Crippen molar-refractivity contribution in [1.82, 2.24) is 9.78 Å². The van der Waals surface area contributed by atoms with Gasteiger partial charge in [0.15, 0.2) is 0 Å². The predicted molar refractivity (Wildman–Crippen MR) is 84.7 cm³/mol. The molecule has 4 nitrogen and oxygen atoms in total. The Morgan fingerprint density at radius 1 is 1.05 bits per heavy atom. The van der Waals surface area contributed by atoms with Crippen LogP contribution in [0.25, 0.3) is 16.9 Å². The van der Waals surface area contributed by atoms with Crippen LogP contribution < -0.4 is 10.5 Å². The Bertz CT molecular complexity index is 763. The van der Waals surface area contributed by atoms with Crippen molar-refractivity contribution in [3.05, 3.63) is 60.2 Å². The SMILES string of the molecule is COc1cccc(-c2nn(-c3ccccc3)c(N)c2C)c1. The van der Waals surface area contributed by atoms with Gasteiger partial charge in [0, 0.05) is 11.1 Å². The van der Waals surface area contributed by atoms with Crippen molar-refractivity contribution in [2.75, 3.05) is 12.8 Å². The van der Waals surface area contributed by atoms with E-state index >= 15 is 0 Å². The van der Waals surface area contributed by atoms with Crippen molar-refractivity contribution in [1.29, 1.82) is 0 Å². The van der Waals surface area contributed by atoms with Gasteiger partial charge in [0.25, 0.3) is 0 Å². The molecule has 21 heavy (non-hydrogen) atoms. The van der Waals surface area contributed by atoms with Gasteiger partial charge in [-0.1, -0.05) is 30.3 Å². The molecule has 1 heterocycles. The van der Waals surface area contributed by atoms with Crippen LogP contribution in [0.2, 0.25) is 0 Å². The van der Waals surface area contributed by atoms with Crippen LogP contribution in [0, 0.1) is 6.92 Å². The Morgan fingerprint density at radius 3 is 2.52 bits per heavy atom. The molecule has 0 fully saturated rings. The molecule has 106 valence electrons. The zero-order valence-electron chi connectivity index (χ0n) is 12.1. The highest BCUT2D eigenvalue weighted by molar-refractivity contribution is 5.70. The lowest BCUT2D eigenvalue weighted by Crippen LogP contribution is -2.01. The van der Waals surface area contributed by atoms with E-state index in [4.69, 9.17) is 10.5 Å². The van der Waals surface area contributed by atoms with Crippen LogP contribution in [-0.4, -0.2) is 16.9 Å². The molecule has 4 heteroatoms. The van der Waals surface area contributed by atoms with E-state index in [-0.39, 0.29) is 0 Å². The van der Waals surface area contributed by atoms with Gasteiger partial charge in [0.05, 0.1) is 18.5 Å². The summed E-state index contributed by atoms with van der Waals surface area (Å²) in [6, 6.07) is 17.7. The molecule has 2 aromatic carbocycles. The van der Waals surface area contributed by atoms with Gasteiger partial charge in [0.1, 0.15) is 11.6 Å². The van der Waals surface area contributed by atoms with Crippen molar-refractivity contribution in [3.8, 4) is 22.7 Å². The summed E-state index contributed by atoms with van der Waals surface area (Å²) in [7, 11) is 1.66. The van der Waals surface area contributed by atoms with E-state index < -0.39 is 0 Å². The molecule has 2 N–H and O–H groups in total. The molecular weight excluding hydrogens is 262 g/mol. The number of benzene rings is 2. The summed E-state index contributed by atoms with van der Waals surface area (Å²) >= 11 is 0. The molecule has 0 atom stereocenters. The second-order valence-corrected chi connectivity index (χ2v) is 4.84. The van der Waals surface area contributed by atoms with E-state index in [9.17, 15) is 0 Å². The molecular formula is C17H17N3O. The molecule has 0 aliphatic rings. The Balaban J connectivity index is 2.12. The summed E-state index contributed by atoms with van der Waals surface area (Å²) in [6.45, 7) is 1.98. The Hall–Kier alpha value is -2.75. The van der Waals surface area contributed by atoms with Crippen LogP contribution in [0.5, 0.6) is 5.75 Å². The lowest BCUT2D eigenvalue weighted by molar-refractivity contribution is 0.415. The molecule has 0 unspecified atom stereocenters. The normalized spacial score (nSPS) is 10.6. The van der Waals surface area contributed by atoms with Gasteiger partial charge < -0.3 is 10.5 Å². The Morgan fingerprint density at radius 2 is 1.81 bits per heavy atom. The predicted octanol–water partition coefficient (Wildman–Crippen LogP) is 3.44. The monoisotopic (exact) mass is 279 g/mol. The van der Waals surface area contributed by atoms with Gasteiger partial charge in [-0.3, -0.25) is 0 Å². The molecule has 0 bridgehead atoms. The number of methoxy groups -OCH3 is 1. The van der Waals surface area contributed by atoms with Gasteiger partial charge in [-0.2, -0.15) is 5.10 Å². The maximum Gasteiger partial charge on any atom is 0.130 e. The molecule has 0 spiro atoms. The number of ether oxygens (including phenoxy) is 1. The number of aromatic nitrogens is 2. The molecule has 0 saturated heterocycles. The van der Waals surface area contributed by atoms with E-state index in [2.05, 4.69) is 5.10 Å². The van der Waals surface area contributed by atoms with Gasteiger partial charge in [0.2, 0.25) is 0 Å². The van der Waals surface area contributed by atoms with Crippen LogP contribution in [0.3, 0.4) is 0 Å². The second-order valence-electron chi connectivity index (χ2n) is 4.84. The number of anilines is 1. The first-order valence-electron chi connectivity index (χ1n) is 6.75. The summed E-state index contributed by atoms with van der Waals surface area (Å²) in [6.07, 6.45) is 0. The molecule has 0 radical (unpaired) electrons. The highest BCUT2D eigenvalue weighted by atomic mass is 16.5. The number of nitrogens with zero attached hydrogens (tertiary/aromatic N) is 2.